The molecule has 18 heavy (non-hydrogen) atoms. The van der Waals surface area contributed by atoms with E-state index >= 15 is 0 Å². The summed E-state index contributed by atoms with van der Waals surface area (Å²) >= 11 is 0. The molecule has 0 atom stereocenters. The Morgan fingerprint density at radius 3 is 2.83 bits per heavy atom. The maximum Gasteiger partial charge on any atom is 0.340 e. The molecule has 0 amide bonds. The first-order chi connectivity index (χ1) is 8.65. The topological polar surface area (TPSA) is 39.2 Å². The summed E-state index contributed by atoms with van der Waals surface area (Å²) in [5.41, 5.74) is 3.05. The number of benzene rings is 1. The number of carbonyl (C=O) groups is 1. The summed E-state index contributed by atoms with van der Waals surface area (Å²) in [5, 5.41) is 0.980. The van der Waals surface area contributed by atoms with Gasteiger partial charge in [-0.15, -0.1) is 0 Å². The number of hydrogen-bond acceptors (Lipinski definition) is 3. The van der Waals surface area contributed by atoms with Crippen LogP contribution in [0.25, 0.3) is 10.9 Å². The summed E-state index contributed by atoms with van der Waals surface area (Å²) in [6, 6.07) is 7.77. The highest BCUT2D eigenvalue weighted by atomic mass is 16.5. The molecule has 1 heterocycles. The van der Waals surface area contributed by atoms with E-state index in [2.05, 4.69) is 11.6 Å². The van der Waals surface area contributed by atoms with Crippen LogP contribution in [0.15, 0.2) is 36.9 Å². The third-order valence-electron chi connectivity index (χ3n) is 2.87. The molecule has 2 aromatic rings. The molecular weight excluding hydrogens is 226 g/mol. The van der Waals surface area contributed by atoms with Gasteiger partial charge in [-0.2, -0.15) is 0 Å². The Kier molecular flexibility index (Phi) is 3.42. The van der Waals surface area contributed by atoms with Crippen LogP contribution in [0.1, 0.15) is 21.6 Å². The first kappa shape index (κ1) is 12.3. The van der Waals surface area contributed by atoms with Crippen LogP contribution < -0.4 is 0 Å². The molecule has 0 fully saturated rings. The second kappa shape index (κ2) is 5.00. The van der Waals surface area contributed by atoms with Gasteiger partial charge in [-0.05, 0) is 25.5 Å². The number of rotatable bonds is 3. The SMILES string of the molecule is C=CCOC(=O)c1c(C)nc2ccccc2c1C. The number of ether oxygens (including phenoxy) is 1. The van der Waals surface area contributed by atoms with Gasteiger partial charge in [0.2, 0.25) is 0 Å². The highest BCUT2D eigenvalue weighted by Crippen LogP contribution is 2.23. The first-order valence-electron chi connectivity index (χ1n) is 5.79. The molecule has 0 unspecified atom stereocenters. The van der Waals surface area contributed by atoms with E-state index in [9.17, 15) is 4.79 Å². The molecule has 0 saturated carbocycles. The van der Waals surface area contributed by atoms with Crippen molar-refractivity contribution in [3.05, 3.63) is 53.7 Å². The number of aromatic nitrogens is 1. The lowest BCUT2D eigenvalue weighted by atomic mass is 10.0. The van der Waals surface area contributed by atoms with Crippen LogP contribution >= 0.6 is 0 Å². The number of fused-ring (bicyclic) bond motifs is 1. The monoisotopic (exact) mass is 241 g/mol. The van der Waals surface area contributed by atoms with E-state index in [1.165, 1.54) is 0 Å². The summed E-state index contributed by atoms with van der Waals surface area (Å²) in [7, 11) is 0. The number of nitrogens with zero attached hydrogens (tertiary/aromatic N) is 1. The largest absolute Gasteiger partial charge is 0.458 e. The zero-order valence-electron chi connectivity index (χ0n) is 10.6. The van der Waals surface area contributed by atoms with E-state index in [0.717, 1.165) is 16.5 Å². The van der Waals surface area contributed by atoms with Crippen LogP contribution in [-0.2, 0) is 4.74 Å². The van der Waals surface area contributed by atoms with Crippen LogP contribution in [-0.4, -0.2) is 17.6 Å². The van der Waals surface area contributed by atoms with E-state index < -0.39 is 0 Å². The van der Waals surface area contributed by atoms with Crippen LogP contribution in [0, 0.1) is 13.8 Å². The van der Waals surface area contributed by atoms with Gasteiger partial charge >= 0.3 is 5.97 Å². The highest BCUT2D eigenvalue weighted by Gasteiger charge is 2.16. The van der Waals surface area contributed by atoms with Crippen LogP contribution in [0.5, 0.6) is 0 Å². The second-order valence-corrected chi connectivity index (χ2v) is 4.10. The van der Waals surface area contributed by atoms with E-state index in [-0.39, 0.29) is 12.6 Å². The van der Waals surface area contributed by atoms with Crippen molar-refractivity contribution in [2.24, 2.45) is 0 Å². The molecular formula is C15H15NO2. The van der Waals surface area contributed by atoms with Gasteiger partial charge < -0.3 is 4.74 Å². The molecule has 0 aliphatic heterocycles. The van der Waals surface area contributed by atoms with Crippen LogP contribution in [0.4, 0.5) is 0 Å². The Labute approximate surface area is 106 Å². The molecule has 1 aromatic heterocycles. The minimum Gasteiger partial charge on any atom is -0.458 e. The van der Waals surface area contributed by atoms with Crippen molar-refractivity contribution in [2.45, 2.75) is 13.8 Å². The van der Waals surface area contributed by atoms with E-state index in [1.807, 2.05) is 38.1 Å². The third kappa shape index (κ3) is 2.12. The third-order valence-corrected chi connectivity index (χ3v) is 2.87. The average molecular weight is 241 g/mol. The lowest BCUT2D eigenvalue weighted by Gasteiger charge is -2.11. The van der Waals surface area contributed by atoms with Crippen molar-refractivity contribution in [2.75, 3.05) is 6.61 Å². The lowest BCUT2D eigenvalue weighted by Crippen LogP contribution is -2.11. The molecule has 92 valence electrons. The summed E-state index contributed by atoms with van der Waals surface area (Å²) in [4.78, 5) is 16.4. The van der Waals surface area contributed by atoms with E-state index in [4.69, 9.17) is 4.74 Å². The molecule has 0 bridgehead atoms. The fourth-order valence-corrected chi connectivity index (χ4v) is 2.04. The van der Waals surface area contributed by atoms with Crippen molar-refractivity contribution in [1.29, 1.82) is 0 Å². The molecule has 0 N–H and O–H groups in total. The van der Waals surface area contributed by atoms with Crippen molar-refractivity contribution >= 4 is 16.9 Å². The molecule has 1 aromatic carbocycles. The van der Waals surface area contributed by atoms with E-state index in [1.54, 1.807) is 6.08 Å². The van der Waals surface area contributed by atoms with Crippen molar-refractivity contribution < 1.29 is 9.53 Å². The smallest absolute Gasteiger partial charge is 0.340 e. The summed E-state index contributed by atoms with van der Waals surface area (Å²) in [5.74, 6) is -0.344. The highest BCUT2D eigenvalue weighted by molar-refractivity contribution is 5.98. The average Bonchev–Trinajstić information content (AvgIpc) is 2.36. The zero-order valence-corrected chi connectivity index (χ0v) is 10.6. The van der Waals surface area contributed by atoms with Gasteiger partial charge in [0.25, 0.3) is 0 Å². The second-order valence-electron chi connectivity index (χ2n) is 4.10. The Bertz CT molecular complexity index is 617. The first-order valence-corrected chi connectivity index (χ1v) is 5.79. The fraction of sp³-hybridized carbons (Fsp3) is 0.200. The molecule has 0 radical (unpaired) electrons. The van der Waals surface area contributed by atoms with Crippen molar-refractivity contribution in [3.8, 4) is 0 Å². The van der Waals surface area contributed by atoms with Crippen molar-refractivity contribution in [3.63, 3.8) is 0 Å². The Morgan fingerprint density at radius 1 is 1.39 bits per heavy atom. The number of carbonyl (C=O) groups excluding carboxylic acids is 1. The Morgan fingerprint density at radius 2 is 2.11 bits per heavy atom. The number of para-hydroxylation sites is 1. The molecule has 2 rings (SSSR count). The van der Waals surface area contributed by atoms with Gasteiger partial charge in [-0.3, -0.25) is 4.98 Å². The van der Waals surface area contributed by atoms with Crippen LogP contribution in [0.2, 0.25) is 0 Å². The summed E-state index contributed by atoms with van der Waals surface area (Å²) in [6.45, 7) is 7.48. The lowest BCUT2D eigenvalue weighted by molar-refractivity contribution is 0.0548. The minimum atomic E-state index is -0.344. The van der Waals surface area contributed by atoms with Gasteiger partial charge in [0, 0.05) is 5.39 Å². The maximum absolute atomic E-state index is 12.0. The maximum atomic E-state index is 12.0. The fourth-order valence-electron chi connectivity index (χ4n) is 2.04. The number of esters is 1. The predicted octanol–water partition coefficient (Wildman–Crippen LogP) is 3.19. The molecule has 0 aliphatic rings. The number of aryl methyl sites for hydroxylation is 2. The number of pyridine rings is 1. The minimum absolute atomic E-state index is 0.213. The normalized spacial score (nSPS) is 10.3. The zero-order chi connectivity index (χ0) is 13.1. The summed E-state index contributed by atoms with van der Waals surface area (Å²) in [6.07, 6.45) is 1.55. The standard InChI is InChI=1S/C15H15NO2/c1-4-9-18-15(17)14-10(2)12-7-5-6-8-13(12)16-11(14)3/h4-8H,1,9H2,2-3H3. The van der Waals surface area contributed by atoms with Crippen LogP contribution in [0.3, 0.4) is 0 Å². The molecule has 0 aliphatic carbocycles. The number of hydrogen-bond donors (Lipinski definition) is 0. The van der Waals surface area contributed by atoms with Gasteiger partial charge in [0.15, 0.2) is 0 Å². The quantitative estimate of drug-likeness (QED) is 0.612. The van der Waals surface area contributed by atoms with Gasteiger partial charge in [-0.25, -0.2) is 4.79 Å². The van der Waals surface area contributed by atoms with Gasteiger partial charge in [-0.1, -0.05) is 30.9 Å². The van der Waals surface area contributed by atoms with Crippen molar-refractivity contribution in [1.82, 2.24) is 4.98 Å². The van der Waals surface area contributed by atoms with Gasteiger partial charge in [0.05, 0.1) is 16.8 Å². The molecule has 3 heteroatoms. The Hall–Kier alpha value is -2.16. The summed E-state index contributed by atoms with van der Waals surface area (Å²) < 4.78 is 5.09. The predicted molar refractivity (Wildman–Crippen MR) is 71.7 cm³/mol. The van der Waals surface area contributed by atoms with Gasteiger partial charge in [0.1, 0.15) is 6.61 Å². The molecule has 3 nitrogen and oxygen atoms in total. The molecule has 0 saturated heterocycles. The molecule has 0 spiro atoms. The van der Waals surface area contributed by atoms with E-state index in [0.29, 0.717) is 11.3 Å². The Balaban J connectivity index is 2.56.